The Balaban J connectivity index is 2.00. The third-order valence-corrected chi connectivity index (χ3v) is 4.08. The second-order valence-electron chi connectivity index (χ2n) is 5.73. The molecule has 2 aromatic carbocycles. The highest BCUT2D eigenvalue weighted by Gasteiger charge is 2.15. The van der Waals surface area contributed by atoms with E-state index in [2.05, 4.69) is 5.16 Å². The van der Waals surface area contributed by atoms with Crippen molar-refractivity contribution >= 4 is 11.1 Å². The molecule has 4 heteroatoms. The molecule has 0 spiro atoms. The van der Waals surface area contributed by atoms with E-state index in [1.807, 2.05) is 67.6 Å². The van der Waals surface area contributed by atoms with E-state index in [9.17, 15) is 5.11 Å². The number of pyridine rings is 1. The van der Waals surface area contributed by atoms with Crippen LogP contribution in [0.2, 0.25) is 0 Å². The van der Waals surface area contributed by atoms with E-state index >= 15 is 0 Å². The maximum atomic E-state index is 9.41. The molecule has 0 saturated carbocycles. The fraction of sp³-hybridized carbons (Fsp3) is 0.100. The van der Waals surface area contributed by atoms with E-state index in [-0.39, 0.29) is 6.61 Å². The molecule has 24 heavy (non-hydrogen) atoms. The highest BCUT2D eigenvalue weighted by Crippen LogP contribution is 2.33. The zero-order valence-corrected chi connectivity index (χ0v) is 13.2. The van der Waals surface area contributed by atoms with Gasteiger partial charge in [0.05, 0.1) is 12.3 Å². The van der Waals surface area contributed by atoms with Gasteiger partial charge in [0.15, 0.2) is 5.58 Å². The van der Waals surface area contributed by atoms with Crippen LogP contribution in [0.4, 0.5) is 0 Å². The van der Waals surface area contributed by atoms with Crippen LogP contribution in [-0.2, 0) is 6.61 Å². The van der Waals surface area contributed by atoms with Gasteiger partial charge in [0.2, 0.25) is 0 Å². The first kappa shape index (κ1) is 14.6. The molecule has 0 atom stereocenters. The number of aliphatic hydroxyl groups is 1. The summed E-state index contributed by atoms with van der Waals surface area (Å²) in [5.74, 6) is 0. The predicted octanol–water partition coefficient (Wildman–Crippen LogP) is 4.36. The molecular formula is C20H16N2O2. The number of aromatic nitrogens is 2. The molecule has 4 rings (SSSR count). The second-order valence-corrected chi connectivity index (χ2v) is 5.73. The van der Waals surface area contributed by atoms with Gasteiger partial charge in [-0.25, -0.2) is 4.98 Å². The first-order valence-electron chi connectivity index (χ1n) is 7.79. The van der Waals surface area contributed by atoms with Gasteiger partial charge in [0.1, 0.15) is 11.2 Å². The van der Waals surface area contributed by atoms with Crippen molar-refractivity contribution in [2.45, 2.75) is 13.5 Å². The average Bonchev–Trinajstić information content (AvgIpc) is 3.03. The molecule has 1 N–H and O–H groups in total. The molecule has 0 radical (unpaired) electrons. The first-order chi connectivity index (χ1) is 11.8. The van der Waals surface area contributed by atoms with Crippen LogP contribution < -0.4 is 0 Å². The van der Waals surface area contributed by atoms with Gasteiger partial charge >= 0.3 is 0 Å². The minimum Gasteiger partial charge on any atom is -0.392 e. The lowest BCUT2D eigenvalue weighted by atomic mass is 10.00. The van der Waals surface area contributed by atoms with Gasteiger partial charge in [-0.2, -0.15) is 0 Å². The topological polar surface area (TPSA) is 59.2 Å². The molecule has 118 valence electrons. The Morgan fingerprint density at radius 2 is 1.75 bits per heavy atom. The lowest BCUT2D eigenvalue weighted by Gasteiger charge is -2.07. The average molecular weight is 316 g/mol. The number of benzene rings is 2. The van der Waals surface area contributed by atoms with Gasteiger partial charge < -0.3 is 9.63 Å². The molecule has 0 aliphatic heterocycles. The summed E-state index contributed by atoms with van der Waals surface area (Å²) in [7, 11) is 0. The first-order valence-corrected chi connectivity index (χ1v) is 7.79. The van der Waals surface area contributed by atoms with Crippen molar-refractivity contribution in [1.29, 1.82) is 0 Å². The number of rotatable bonds is 3. The molecule has 0 saturated heterocycles. The van der Waals surface area contributed by atoms with Crippen LogP contribution in [0.25, 0.3) is 33.5 Å². The minimum atomic E-state index is 0.00302. The standard InChI is InChI=1S/C20H16N2O2/c1-13-19-20(24-22-13)17(16-9-5-6-14(10-16)12-23)11-18(21-19)15-7-3-2-4-8-15/h2-11,23H,12H2,1H3. The summed E-state index contributed by atoms with van der Waals surface area (Å²) in [4.78, 5) is 4.73. The summed E-state index contributed by atoms with van der Waals surface area (Å²) in [6.45, 7) is 1.89. The van der Waals surface area contributed by atoms with Crippen LogP contribution in [0, 0.1) is 6.92 Å². The van der Waals surface area contributed by atoms with Crippen molar-refractivity contribution in [3.05, 3.63) is 71.9 Å². The summed E-state index contributed by atoms with van der Waals surface area (Å²) < 4.78 is 5.52. The molecule has 2 aromatic heterocycles. The SMILES string of the molecule is Cc1noc2c(-c3cccc(CO)c3)cc(-c3ccccc3)nc12. The minimum absolute atomic E-state index is 0.00302. The van der Waals surface area contributed by atoms with Crippen LogP contribution in [0.15, 0.2) is 65.2 Å². The van der Waals surface area contributed by atoms with Crippen LogP contribution >= 0.6 is 0 Å². The summed E-state index contributed by atoms with van der Waals surface area (Å²) >= 11 is 0. The van der Waals surface area contributed by atoms with Gasteiger partial charge in [-0.1, -0.05) is 53.7 Å². The maximum Gasteiger partial charge on any atom is 0.193 e. The van der Waals surface area contributed by atoms with E-state index in [4.69, 9.17) is 9.51 Å². The van der Waals surface area contributed by atoms with Crippen molar-refractivity contribution in [3.8, 4) is 22.4 Å². The Morgan fingerprint density at radius 3 is 2.54 bits per heavy atom. The Hall–Kier alpha value is -2.98. The number of hydrogen-bond acceptors (Lipinski definition) is 4. The normalized spacial score (nSPS) is 11.1. The summed E-state index contributed by atoms with van der Waals surface area (Å²) in [6.07, 6.45) is 0. The van der Waals surface area contributed by atoms with Gasteiger partial charge in [-0.05, 0) is 30.2 Å². The molecule has 4 aromatic rings. The number of aryl methyl sites for hydroxylation is 1. The monoisotopic (exact) mass is 316 g/mol. The molecule has 0 aliphatic rings. The van der Waals surface area contributed by atoms with Gasteiger partial charge in [0, 0.05) is 11.1 Å². The van der Waals surface area contributed by atoms with Crippen molar-refractivity contribution in [1.82, 2.24) is 10.1 Å². The molecule has 0 amide bonds. The zero-order chi connectivity index (χ0) is 16.5. The predicted molar refractivity (Wildman–Crippen MR) is 93.3 cm³/mol. The number of hydrogen-bond donors (Lipinski definition) is 1. The number of fused-ring (bicyclic) bond motifs is 1. The Labute approximate surface area is 139 Å². The number of nitrogens with zero attached hydrogens (tertiary/aromatic N) is 2. The van der Waals surface area contributed by atoms with Crippen LogP contribution in [-0.4, -0.2) is 15.2 Å². The van der Waals surface area contributed by atoms with E-state index in [1.54, 1.807) is 0 Å². The van der Waals surface area contributed by atoms with Crippen molar-refractivity contribution in [2.24, 2.45) is 0 Å². The Morgan fingerprint density at radius 1 is 0.958 bits per heavy atom. The van der Waals surface area contributed by atoms with E-state index in [1.165, 1.54) is 0 Å². The van der Waals surface area contributed by atoms with Crippen molar-refractivity contribution in [3.63, 3.8) is 0 Å². The second kappa shape index (κ2) is 5.91. The largest absolute Gasteiger partial charge is 0.392 e. The van der Waals surface area contributed by atoms with Gasteiger partial charge in [-0.15, -0.1) is 0 Å². The fourth-order valence-electron chi connectivity index (χ4n) is 2.84. The summed E-state index contributed by atoms with van der Waals surface area (Å²) in [5, 5.41) is 13.5. The van der Waals surface area contributed by atoms with E-state index < -0.39 is 0 Å². The van der Waals surface area contributed by atoms with E-state index in [0.29, 0.717) is 5.58 Å². The third-order valence-electron chi connectivity index (χ3n) is 4.08. The molecule has 0 fully saturated rings. The van der Waals surface area contributed by atoms with Crippen molar-refractivity contribution in [2.75, 3.05) is 0 Å². The Kier molecular flexibility index (Phi) is 3.59. The van der Waals surface area contributed by atoms with E-state index in [0.717, 1.165) is 39.2 Å². The number of aliphatic hydroxyl groups excluding tert-OH is 1. The highest BCUT2D eigenvalue weighted by molar-refractivity contribution is 5.93. The van der Waals surface area contributed by atoms with Crippen LogP contribution in [0.3, 0.4) is 0 Å². The molecule has 2 heterocycles. The molecule has 0 aliphatic carbocycles. The van der Waals surface area contributed by atoms with Crippen LogP contribution in [0.1, 0.15) is 11.3 Å². The fourth-order valence-corrected chi connectivity index (χ4v) is 2.84. The van der Waals surface area contributed by atoms with Gasteiger partial charge in [-0.3, -0.25) is 0 Å². The molecule has 0 bridgehead atoms. The summed E-state index contributed by atoms with van der Waals surface area (Å²) in [5.41, 5.74) is 6.87. The lowest BCUT2D eigenvalue weighted by molar-refractivity contribution is 0.282. The lowest BCUT2D eigenvalue weighted by Crippen LogP contribution is -1.90. The van der Waals surface area contributed by atoms with Gasteiger partial charge in [0.25, 0.3) is 0 Å². The third kappa shape index (κ3) is 2.47. The van der Waals surface area contributed by atoms with Crippen molar-refractivity contribution < 1.29 is 9.63 Å². The smallest absolute Gasteiger partial charge is 0.193 e. The molecular weight excluding hydrogens is 300 g/mol. The quantitative estimate of drug-likeness (QED) is 0.610. The maximum absolute atomic E-state index is 9.41. The summed E-state index contributed by atoms with van der Waals surface area (Å²) in [6, 6.07) is 19.8. The molecule has 0 unspecified atom stereocenters. The zero-order valence-electron chi connectivity index (χ0n) is 13.2. The highest BCUT2D eigenvalue weighted by atomic mass is 16.5. The van der Waals surface area contributed by atoms with Crippen LogP contribution in [0.5, 0.6) is 0 Å². The molecule has 4 nitrogen and oxygen atoms in total. The Bertz CT molecular complexity index is 1010.